The number of aliphatic hydroxyl groups is 1. The quantitative estimate of drug-likeness (QED) is 0.730. The number of amides is 1. The Morgan fingerprint density at radius 1 is 1.38 bits per heavy atom. The lowest BCUT2D eigenvalue weighted by atomic mass is 10.1. The van der Waals surface area contributed by atoms with Gasteiger partial charge in [0.1, 0.15) is 0 Å². The summed E-state index contributed by atoms with van der Waals surface area (Å²) >= 11 is 0. The number of nitrogens with one attached hydrogen (secondary N) is 1. The Hall–Kier alpha value is -1.87. The zero-order chi connectivity index (χ0) is 15.5. The second-order valence-electron chi connectivity index (χ2n) is 4.34. The highest BCUT2D eigenvalue weighted by molar-refractivity contribution is 5.96. The third kappa shape index (κ3) is 5.96. The molecule has 0 aromatic heterocycles. The van der Waals surface area contributed by atoms with Gasteiger partial charge < -0.3 is 19.9 Å². The summed E-state index contributed by atoms with van der Waals surface area (Å²) in [6, 6.07) is 7.11. The van der Waals surface area contributed by atoms with Crippen LogP contribution in [0.5, 0.6) is 0 Å². The van der Waals surface area contributed by atoms with E-state index >= 15 is 0 Å². The molecule has 0 spiro atoms. The predicted molar refractivity (Wildman–Crippen MR) is 80.0 cm³/mol. The minimum Gasteiger partial charge on any atom is -0.395 e. The largest absolute Gasteiger partial charge is 0.395 e. The molecular weight excluding hydrogens is 270 g/mol. The molecule has 0 saturated carbocycles. The highest BCUT2D eigenvalue weighted by Crippen LogP contribution is 2.07. The zero-order valence-corrected chi connectivity index (χ0v) is 12.4. The van der Waals surface area contributed by atoms with E-state index in [-0.39, 0.29) is 18.6 Å². The van der Waals surface area contributed by atoms with E-state index in [1.165, 1.54) is 0 Å². The van der Waals surface area contributed by atoms with Gasteiger partial charge in [0, 0.05) is 32.7 Å². The Bertz CT molecular complexity index is 504. The van der Waals surface area contributed by atoms with Gasteiger partial charge in [-0.1, -0.05) is 24.0 Å². The number of hydrogen-bond acceptors (Lipinski definition) is 4. The Kier molecular flexibility index (Phi) is 8.14. The second-order valence-corrected chi connectivity index (χ2v) is 4.34. The predicted octanol–water partition coefficient (Wildman–Crippen LogP) is 0.812. The summed E-state index contributed by atoms with van der Waals surface area (Å²) in [4.78, 5) is 12.2. The van der Waals surface area contributed by atoms with Crippen LogP contribution in [0.2, 0.25) is 0 Å². The first kappa shape index (κ1) is 17.2. The molecule has 1 amide bonds. The third-order valence-electron chi connectivity index (χ3n) is 2.81. The number of hydrogen-bond donors (Lipinski definition) is 2. The first-order chi connectivity index (χ1) is 10.2. The summed E-state index contributed by atoms with van der Waals surface area (Å²) in [6.07, 6.45) is 0.196. The van der Waals surface area contributed by atoms with E-state index in [1.54, 1.807) is 32.4 Å². The molecule has 1 unspecified atom stereocenters. The summed E-state index contributed by atoms with van der Waals surface area (Å²) in [6.45, 7) is 0.782. The molecule has 1 aromatic carbocycles. The molecule has 5 nitrogen and oxygen atoms in total. The number of ether oxygens (including phenoxy) is 2. The number of rotatable bonds is 7. The van der Waals surface area contributed by atoms with Crippen molar-refractivity contribution in [3.63, 3.8) is 0 Å². The van der Waals surface area contributed by atoms with Crippen LogP contribution in [-0.2, 0) is 9.47 Å². The van der Waals surface area contributed by atoms with Gasteiger partial charge in [-0.05, 0) is 12.1 Å². The molecule has 1 aromatic rings. The molecule has 0 aliphatic rings. The summed E-state index contributed by atoms with van der Waals surface area (Å²) in [7, 11) is 3.16. The smallest absolute Gasteiger partial charge is 0.252 e. The van der Waals surface area contributed by atoms with Crippen molar-refractivity contribution < 1.29 is 19.4 Å². The van der Waals surface area contributed by atoms with Crippen molar-refractivity contribution in [3.05, 3.63) is 35.4 Å². The molecule has 2 N–H and O–H groups in total. The van der Waals surface area contributed by atoms with E-state index in [9.17, 15) is 4.79 Å². The maximum Gasteiger partial charge on any atom is 0.252 e. The lowest BCUT2D eigenvalue weighted by Gasteiger charge is -2.15. The Balaban J connectivity index is 2.72. The lowest BCUT2D eigenvalue weighted by Crippen LogP contribution is -2.35. The second kappa shape index (κ2) is 9.94. The molecule has 0 bridgehead atoms. The fourth-order valence-electron chi connectivity index (χ4n) is 1.70. The van der Waals surface area contributed by atoms with E-state index < -0.39 is 0 Å². The number of carbonyl (C=O) groups excluding carboxylic acids is 1. The van der Waals surface area contributed by atoms with Crippen LogP contribution in [0, 0.1) is 11.8 Å². The molecule has 0 aliphatic carbocycles. The highest BCUT2D eigenvalue weighted by Gasteiger charge is 2.12. The number of methoxy groups -OCH3 is 2. The van der Waals surface area contributed by atoms with Crippen molar-refractivity contribution in [2.75, 3.05) is 34.0 Å². The Labute approximate surface area is 125 Å². The maximum atomic E-state index is 12.2. The summed E-state index contributed by atoms with van der Waals surface area (Å²) < 4.78 is 10.2. The number of carbonyl (C=O) groups is 1. The molecular formula is C16H21NO4. The van der Waals surface area contributed by atoms with Crippen LogP contribution in [0.15, 0.2) is 24.3 Å². The van der Waals surface area contributed by atoms with Crippen molar-refractivity contribution in [2.45, 2.75) is 12.5 Å². The first-order valence-electron chi connectivity index (χ1n) is 6.71. The summed E-state index contributed by atoms with van der Waals surface area (Å²) in [5, 5.41) is 11.5. The van der Waals surface area contributed by atoms with E-state index in [1.807, 2.05) is 6.07 Å². The standard InChI is InChI=1S/C16H21NO4/c1-20-12-14(21-2)11-17-16(19)15-9-4-3-7-13(15)8-5-6-10-18/h3-4,7,9,14,18H,6,10-12H2,1-2H3,(H,17,19). The van der Waals surface area contributed by atoms with Gasteiger partial charge in [-0.2, -0.15) is 0 Å². The van der Waals surface area contributed by atoms with Gasteiger partial charge in [-0.15, -0.1) is 0 Å². The van der Waals surface area contributed by atoms with E-state index in [4.69, 9.17) is 14.6 Å². The van der Waals surface area contributed by atoms with Crippen LogP contribution in [0.1, 0.15) is 22.3 Å². The van der Waals surface area contributed by atoms with Gasteiger partial charge in [0.15, 0.2) is 0 Å². The molecule has 1 rings (SSSR count). The summed E-state index contributed by atoms with van der Waals surface area (Å²) in [5.41, 5.74) is 1.15. The molecule has 0 aliphatic heterocycles. The molecule has 0 saturated heterocycles. The van der Waals surface area contributed by atoms with Crippen molar-refractivity contribution >= 4 is 5.91 Å². The number of benzene rings is 1. The van der Waals surface area contributed by atoms with E-state index in [2.05, 4.69) is 17.2 Å². The third-order valence-corrected chi connectivity index (χ3v) is 2.81. The van der Waals surface area contributed by atoms with Crippen molar-refractivity contribution in [3.8, 4) is 11.8 Å². The minimum absolute atomic E-state index is 0.00784. The van der Waals surface area contributed by atoms with Crippen molar-refractivity contribution in [1.29, 1.82) is 0 Å². The van der Waals surface area contributed by atoms with Crippen LogP contribution in [0.25, 0.3) is 0 Å². The van der Waals surface area contributed by atoms with Crippen molar-refractivity contribution in [1.82, 2.24) is 5.32 Å². The topological polar surface area (TPSA) is 67.8 Å². The van der Waals surface area contributed by atoms with E-state index in [0.717, 1.165) is 0 Å². The van der Waals surface area contributed by atoms with Gasteiger partial charge in [-0.25, -0.2) is 0 Å². The Morgan fingerprint density at radius 3 is 2.81 bits per heavy atom. The molecule has 1 atom stereocenters. The molecule has 0 fully saturated rings. The van der Waals surface area contributed by atoms with Crippen LogP contribution < -0.4 is 5.32 Å². The van der Waals surface area contributed by atoms with Gasteiger partial charge in [0.05, 0.1) is 24.9 Å². The fourth-order valence-corrected chi connectivity index (χ4v) is 1.70. The van der Waals surface area contributed by atoms with E-state index in [0.29, 0.717) is 30.7 Å². The normalized spacial score (nSPS) is 11.4. The molecule has 21 heavy (non-hydrogen) atoms. The molecule has 0 heterocycles. The van der Waals surface area contributed by atoms with Gasteiger partial charge in [-0.3, -0.25) is 4.79 Å². The van der Waals surface area contributed by atoms with Gasteiger partial charge in [0.2, 0.25) is 0 Å². The highest BCUT2D eigenvalue weighted by atomic mass is 16.5. The van der Waals surface area contributed by atoms with Crippen LogP contribution >= 0.6 is 0 Å². The zero-order valence-electron chi connectivity index (χ0n) is 12.4. The maximum absolute atomic E-state index is 12.2. The number of aliphatic hydroxyl groups excluding tert-OH is 1. The Morgan fingerprint density at radius 2 is 2.14 bits per heavy atom. The van der Waals surface area contributed by atoms with Crippen LogP contribution in [-0.4, -0.2) is 51.1 Å². The van der Waals surface area contributed by atoms with Gasteiger partial charge >= 0.3 is 0 Å². The first-order valence-corrected chi connectivity index (χ1v) is 6.71. The monoisotopic (exact) mass is 291 g/mol. The fraction of sp³-hybridized carbons (Fsp3) is 0.438. The summed E-state index contributed by atoms with van der Waals surface area (Å²) in [5.74, 6) is 5.51. The minimum atomic E-state index is -0.206. The molecule has 5 heteroatoms. The average Bonchev–Trinajstić information content (AvgIpc) is 2.52. The average molecular weight is 291 g/mol. The van der Waals surface area contributed by atoms with Gasteiger partial charge in [0.25, 0.3) is 5.91 Å². The lowest BCUT2D eigenvalue weighted by molar-refractivity contribution is 0.0285. The SMILES string of the molecule is COCC(CNC(=O)c1ccccc1C#CCCO)OC. The molecule has 0 radical (unpaired) electrons. The molecule has 114 valence electrons. The van der Waals surface area contributed by atoms with Crippen molar-refractivity contribution in [2.24, 2.45) is 0 Å². The van der Waals surface area contributed by atoms with Crippen LogP contribution in [0.3, 0.4) is 0 Å². The van der Waals surface area contributed by atoms with Crippen LogP contribution in [0.4, 0.5) is 0 Å².